The van der Waals surface area contributed by atoms with E-state index in [4.69, 9.17) is 5.73 Å². The van der Waals surface area contributed by atoms with Crippen LogP contribution in [-0.4, -0.2) is 30.4 Å². The van der Waals surface area contributed by atoms with E-state index in [0.717, 1.165) is 12.0 Å². The summed E-state index contributed by atoms with van der Waals surface area (Å²) >= 11 is 0. The van der Waals surface area contributed by atoms with Crippen LogP contribution in [0.3, 0.4) is 0 Å². The van der Waals surface area contributed by atoms with Gasteiger partial charge in [-0.3, -0.25) is 4.79 Å². The van der Waals surface area contributed by atoms with Gasteiger partial charge in [0.2, 0.25) is 0 Å². The zero-order valence-corrected chi connectivity index (χ0v) is 14.0. The van der Waals surface area contributed by atoms with Crippen molar-refractivity contribution in [2.75, 3.05) is 19.6 Å². The van der Waals surface area contributed by atoms with E-state index in [9.17, 15) is 9.18 Å². The number of rotatable bonds is 6. The summed E-state index contributed by atoms with van der Waals surface area (Å²) in [5, 5.41) is 0. The van der Waals surface area contributed by atoms with Crippen LogP contribution in [0.25, 0.3) is 0 Å². The number of aryl methyl sites for hydroxylation is 1. The van der Waals surface area contributed by atoms with Crippen molar-refractivity contribution in [3.8, 4) is 0 Å². The lowest BCUT2D eigenvalue weighted by atomic mass is 10.1. The number of carbonyl (C=O) groups is 1. The third kappa shape index (κ3) is 5.05. The first kappa shape index (κ1) is 19.1. The predicted molar refractivity (Wildman–Crippen MR) is 93.5 cm³/mol. The maximum Gasteiger partial charge on any atom is 0.256 e. The molecule has 0 radical (unpaired) electrons. The molecule has 0 aliphatic rings. The maximum absolute atomic E-state index is 14.1. The molecule has 0 heterocycles. The first-order chi connectivity index (χ1) is 10.6. The predicted octanol–water partition coefficient (Wildman–Crippen LogP) is 3.20. The van der Waals surface area contributed by atoms with E-state index in [-0.39, 0.29) is 23.9 Å². The summed E-state index contributed by atoms with van der Waals surface area (Å²) in [6.07, 6.45) is 0.722. The molecule has 2 N–H and O–H groups in total. The molecule has 0 atom stereocenters. The summed E-state index contributed by atoms with van der Waals surface area (Å²) in [6, 6.07) is 14.8. The topological polar surface area (TPSA) is 46.3 Å². The molecule has 0 aliphatic heterocycles. The number of carbonyl (C=O) groups excluding carboxylic acids is 1. The molecule has 0 saturated carbocycles. The SMILES string of the molecule is Cc1cccc(C(=O)N(CCN)CCc2ccccc2)c1F.Cl. The molecular weight excluding hydrogens is 315 g/mol. The van der Waals surface area contributed by atoms with Crippen molar-refractivity contribution >= 4 is 18.3 Å². The average Bonchev–Trinajstić information content (AvgIpc) is 2.54. The van der Waals surface area contributed by atoms with E-state index in [1.54, 1.807) is 24.0 Å². The fourth-order valence-electron chi connectivity index (χ4n) is 2.36. The molecule has 0 saturated heterocycles. The summed E-state index contributed by atoms with van der Waals surface area (Å²) in [7, 11) is 0. The zero-order chi connectivity index (χ0) is 15.9. The Balaban J connectivity index is 0.00000264. The Labute approximate surface area is 142 Å². The Kier molecular flexibility index (Phi) is 7.72. The summed E-state index contributed by atoms with van der Waals surface area (Å²) in [5.41, 5.74) is 7.32. The standard InChI is InChI=1S/C18H21FN2O.ClH/c1-14-6-5-9-16(17(14)19)18(22)21(13-11-20)12-10-15-7-3-2-4-8-15;/h2-9H,10-13,20H2,1H3;1H. The van der Waals surface area contributed by atoms with Gasteiger partial charge in [0, 0.05) is 19.6 Å². The molecule has 0 bridgehead atoms. The number of hydrogen-bond acceptors (Lipinski definition) is 2. The van der Waals surface area contributed by atoms with Crippen molar-refractivity contribution in [1.82, 2.24) is 4.90 Å². The number of nitrogens with two attached hydrogens (primary N) is 1. The van der Waals surface area contributed by atoms with Gasteiger partial charge in [-0.15, -0.1) is 12.4 Å². The molecule has 2 aromatic rings. The Morgan fingerprint density at radius 2 is 1.78 bits per heavy atom. The van der Waals surface area contributed by atoms with Gasteiger partial charge in [-0.2, -0.15) is 0 Å². The fourth-order valence-corrected chi connectivity index (χ4v) is 2.36. The van der Waals surface area contributed by atoms with Crippen molar-refractivity contribution in [2.45, 2.75) is 13.3 Å². The van der Waals surface area contributed by atoms with Crippen molar-refractivity contribution in [3.63, 3.8) is 0 Å². The second-order valence-electron chi connectivity index (χ2n) is 5.25. The minimum Gasteiger partial charge on any atom is -0.337 e. The molecule has 0 aromatic heterocycles. The summed E-state index contributed by atoms with van der Waals surface area (Å²) in [4.78, 5) is 14.2. The Morgan fingerprint density at radius 3 is 2.43 bits per heavy atom. The van der Waals surface area contributed by atoms with Crippen molar-refractivity contribution in [1.29, 1.82) is 0 Å². The number of benzene rings is 2. The molecule has 0 unspecified atom stereocenters. The van der Waals surface area contributed by atoms with Crippen LogP contribution in [0.1, 0.15) is 21.5 Å². The molecule has 23 heavy (non-hydrogen) atoms. The molecule has 0 aliphatic carbocycles. The number of hydrogen-bond donors (Lipinski definition) is 1. The van der Waals surface area contributed by atoms with Crippen molar-refractivity contribution in [3.05, 3.63) is 71.0 Å². The van der Waals surface area contributed by atoms with Crippen LogP contribution in [0.4, 0.5) is 4.39 Å². The highest BCUT2D eigenvalue weighted by Crippen LogP contribution is 2.14. The lowest BCUT2D eigenvalue weighted by Crippen LogP contribution is -2.37. The summed E-state index contributed by atoms with van der Waals surface area (Å²) in [6.45, 7) is 2.95. The molecule has 2 aromatic carbocycles. The van der Waals surface area contributed by atoms with Gasteiger partial charge >= 0.3 is 0 Å². The molecular formula is C18H22ClFN2O. The Bertz CT molecular complexity index is 634. The monoisotopic (exact) mass is 336 g/mol. The van der Waals surface area contributed by atoms with Crippen LogP contribution in [0.2, 0.25) is 0 Å². The van der Waals surface area contributed by atoms with Crippen LogP contribution < -0.4 is 5.73 Å². The van der Waals surface area contributed by atoms with Gasteiger partial charge in [0.05, 0.1) is 5.56 Å². The number of halogens is 2. The van der Waals surface area contributed by atoms with Gasteiger partial charge in [-0.05, 0) is 30.5 Å². The lowest BCUT2D eigenvalue weighted by Gasteiger charge is -2.22. The zero-order valence-electron chi connectivity index (χ0n) is 13.2. The normalized spacial score (nSPS) is 10.0. The molecule has 0 fully saturated rings. The molecule has 0 spiro atoms. The number of nitrogens with zero attached hydrogens (tertiary/aromatic N) is 1. The third-order valence-electron chi connectivity index (χ3n) is 3.62. The second-order valence-corrected chi connectivity index (χ2v) is 5.25. The molecule has 3 nitrogen and oxygen atoms in total. The first-order valence-electron chi connectivity index (χ1n) is 7.42. The highest BCUT2D eigenvalue weighted by molar-refractivity contribution is 5.94. The second kappa shape index (κ2) is 9.28. The van der Waals surface area contributed by atoms with Gasteiger partial charge in [0.15, 0.2) is 0 Å². The minimum atomic E-state index is -0.450. The summed E-state index contributed by atoms with van der Waals surface area (Å²) < 4.78 is 14.1. The van der Waals surface area contributed by atoms with E-state index < -0.39 is 5.82 Å². The van der Waals surface area contributed by atoms with E-state index >= 15 is 0 Å². The van der Waals surface area contributed by atoms with Gasteiger partial charge in [0.25, 0.3) is 5.91 Å². The van der Waals surface area contributed by atoms with Crippen LogP contribution >= 0.6 is 12.4 Å². The van der Waals surface area contributed by atoms with E-state index in [1.165, 1.54) is 6.07 Å². The Hall–Kier alpha value is -1.91. The highest BCUT2D eigenvalue weighted by atomic mass is 35.5. The number of amides is 1. The minimum absolute atomic E-state index is 0. The highest BCUT2D eigenvalue weighted by Gasteiger charge is 2.19. The quantitative estimate of drug-likeness (QED) is 0.880. The van der Waals surface area contributed by atoms with E-state index in [1.807, 2.05) is 30.3 Å². The summed E-state index contributed by atoms with van der Waals surface area (Å²) in [5.74, 6) is -0.753. The smallest absolute Gasteiger partial charge is 0.256 e. The van der Waals surface area contributed by atoms with Crippen LogP contribution in [0.15, 0.2) is 48.5 Å². The largest absolute Gasteiger partial charge is 0.337 e. The van der Waals surface area contributed by atoms with E-state index in [0.29, 0.717) is 25.2 Å². The maximum atomic E-state index is 14.1. The van der Waals surface area contributed by atoms with Crippen molar-refractivity contribution < 1.29 is 9.18 Å². The van der Waals surface area contributed by atoms with Crippen molar-refractivity contribution in [2.24, 2.45) is 5.73 Å². The molecule has 2 rings (SSSR count). The molecule has 5 heteroatoms. The van der Waals surface area contributed by atoms with Crippen LogP contribution in [-0.2, 0) is 6.42 Å². The third-order valence-corrected chi connectivity index (χ3v) is 3.62. The van der Waals surface area contributed by atoms with Crippen LogP contribution in [0, 0.1) is 12.7 Å². The van der Waals surface area contributed by atoms with Gasteiger partial charge in [-0.1, -0.05) is 42.5 Å². The average molecular weight is 337 g/mol. The molecule has 1 amide bonds. The Morgan fingerprint density at radius 1 is 1.09 bits per heavy atom. The van der Waals surface area contributed by atoms with Gasteiger partial charge in [0.1, 0.15) is 5.82 Å². The molecule has 124 valence electrons. The van der Waals surface area contributed by atoms with Gasteiger partial charge in [-0.25, -0.2) is 4.39 Å². The first-order valence-corrected chi connectivity index (χ1v) is 7.42. The fraction of sp³-hybridized carbons (Fsp3) is 0.278. The lowest BCUT2D eigenvalue weighted by molar-refractivity contribution is 0.0757. The van der Waals surface area contributed by atoms with E-state index in [2.05, 4.69) is 0 Å². The van der Waals surface area contributed by atoms with Gasteiger partial charge < -0.3 is 10.6 Å². The van der Waals surface area contributed by atoms with Crippen LogP contribution in [0.5, 0.6) is 0 Å².